The van der Waals surface area contributed by atoms with Gasteiger partial charge in [0.15, 0.2) is 0 Å². The van der Waals surface area contributed by atoms with Crippen LogP contribution in [0.1, 0.15) is 37.5 Å². The summed E-state index contributed by atoms with van der Waals surface area (Å²) < 4.78 is 6.32. The van der Waals surface area contributed by atoms with E-state index in [-0.39, 0.29) is 16.1 Å². The Hall–Kier alpha value is -3.09. The van der Waals surface area contributed by atoms with Gasteiger partial charge in [0.2, 0.25) is 0 Å². The van der Waals surface area contributed by atoms with Crippen molar-refractivity contribution in [3.8, 4) is 0 Å². The van der Waals surface area contributed by atoms with Gasteiger partial charge in [0, 0.05) is 12.2 Å². The van der Waals surface area contributed by atoms with E-state index < -0.39 is 11.9 Å². The summed E-state index contributed by atoms with van der Waals surface area (Å²) in [5.74, 6) is -1.41. The quantitative estimate of drug-likeness (QED) is 0.480. The summed E-state index contributed by atoms with van der Waals surface area (Å²) in [6.07, 6.45) is 1.52. The molecule has 0 unspecified atom stereocenters. The molecule has 0 aliphatic carbocycles. The fraction of sp³-hybridized carbons (Fsp3) is 0.208. The molecule has 32 heavy (non-hydrogen) atoms. The summed E-state index contributed by atoms with van der Waals surface area (Å²) in [5.41, 5.74) is 2.75. The number of hydrogen-bond donors (Lipinski definition) is 1. The van der Waals surface area contributed by atoms with E-state index in [0.29, 0.717) is 42.1 Å². The third-order valence-corrected chi connectivity index (χ3v) is 5.73. The van der Waals surface area contributed by atoms with Crippen LogP contribution in [0.5, 0.6) is 0 Å². The number of aromatic nitrogens is 1. The topological polar surface area (TPSA) is 85.6 Å². The number of rotatable bonds is 8. The number of aromatic carboxylic acids is 1. The first kappa shape index (κ1) is 23.6. The number of nitrogens with zero attached hydrogens (tertiary/aromatic N) is 1. The number of esters is 1. The highest BCUT2D eigenvalue weighted by Crippen LogP contribution is 2.21. The average Bonchev–Trinajstić information content (AvgIpc) is 2.79. The first-order chi connectivity index (χ1) is 15.3. The fourth-order valence-electron chi connectivity index (χ4n) is 3.42. The molecule has 0 aliphatic heterocycles. The molecule has 0 saturated carbocycles. The summed E-state index contributed by atoms with van der Waals surface area (Å²) >= 11 is 12.5. The number of carbonyl (C=O) groups excluding carboxylic acids is 1. The van der Waals surface area contributed by atoms with Crippen LogP contribution in [0, 0.1) is 0 Å². The van der Waals surface area contributed by atoms with Gasteiger partial charge < -0.3 is 14.4 Å². The Morgan fingerprint density at radius 1 is 0.906 bits per heavy atom. The van der Waals surface area contributed by atoms with Crippen LogP contribution >= 0.6 is 23.2 Å². The van der Waals surface area contributed by atoms with E-state index in [1.165, 1.54) is 25.3 Å². The Labute approximate surface area is 195 Å². The van der Waals surface area contributed by atoms with Gasteiger partial charge in [0.25, 0.3) is 5.56 Å². The Morgan fingerprint density at radius 3 is 2.28 bits per heavy atom. The lowest BCUT2D eigenvalue weighted by Gasteiger charge is -2.16. The molecule has 6 nitrogen and oxygen atoms in total. The van der Waals surface area contributed by atoms with Crippen LogP contribution in [0.2, 0.25) is 10.0 Å². The molecule has 1 aromatic heterocycles. The lowest BCUT2D eigenvalue weighted by atomic mass is 10.0. The summed E-state index contributed by atoms with van der Waals surface area (Å²) in [6.45, 7) is 0.336. The van der Waals surface area contributed by atoms with Crippen molar-refractivity contribution in [1.29, 1.82) is 0 Å². The molecule has 0 aliphatic rings. The molecule has 0 spiro atoms. The molecule has 0 radical (unpaired) electrons. The highest BCUT2D eigenvalue weighted by molar-refractivity contribution is 6.34. The zero-order chi connectivity index (χ0) is 23.3. The number of benzene rings is 2. The van der Waals surface area contributed by atoms with E-state index in [0.717, 1.165) is 11.1 Å². The smallest absolute Gasteiger partial charge is 0.337 e. The van der Waals surface area contributed by atoms with Gasteiger partial charge in [-0.3, -0.25) is 4.79 Å². The van der Waals surface area contributed by atoms with Gasteiger partial charge in [-0.05, 0) is 60.7 Å². The maximum absolute atomic E-state index is 12.7. The van der Waals surface area contributed by atoms with Gasteiger partial charge in [-0.15, -0.1) is 0 Å². The first-order valence-electron chi connectivity index (χ1n) is 9.87. The minimum atomic E-state index is -0.993. The van der Waals surface area contributed by atoms with Gasteiger partial charge in [-0.2, -0.15) is 0 Å². The molecule has 1 heterocycles. The van der Waals surface area contributed by atoms with Crippen molar-refractivity contribution in [3.63, 3.8) is 0 Å². The number of carbonyl (C=O) groups is 2. The van der Waals surface area contributed by atoms with E-state index in [1.807, 2.05) is 6.07 Å². The van der Waals surface area contributed by atoms with Gasteiger partial charge in [-0.25, -0.2) is 9.59 Å². The normalized spacial score (nSPS) is 10.7. The van der Waals surface area contributed by atoms with Crippen molar-refractivity contribution in [3.05, 3.63) is 103 Å². The molecule has 0 atom stereocenters. The highest BCUT2D eigenvalue weighted by atomic mass is 35.5. The number of carboxylic acid groups (broad SMARTS) is 1. The second-order valence-corrected chi connectivity index (χ2v) is 8.00. The number of pyridine rings is 1. The minimum absolute atomic E-state index is 0.0349. The van der Waals surface area contributed by atoms with Crippen LogP contribution in [-0.4, -0.2) is 28.7 Å². The van der Waals surface area contributed by atoms with Crippen molar-refractivity contribution >= 4 is 35.1 Å². The van der Waals surface area contributed by atoms with Crippen molar-refractivity contribution in [1.82, 2.24) is 4.57 Å². The third kappa shape index (κ3) is 5.58. The number of halogens is 2. The summed E-state index contributed by atoms with van der Waals surface area (Å²) in [5, 5.41) is 9.46. The lowest BCUT2D eigenvalue weighted by molar-refractivity contribution is 0.0599. The van der Waals surface area contributed by atoms with Crippen molar-refractivity contribution in [2.45, 2.75) is 25.8 Å². The van der Waals surface area contributed by atoms with E-state index in [9.17, 15) is 14.4 Å². The molecule has 0 fully saturated rings. The summed E-state index contributed by atoms with van der Waals surface area (Å²) in [4.78, 5) is 35.5. The van der Waals surface area contributed by atoms with Crippen molar-refractivity contribution in [2.24, 2.45) is 0 Å². The Kier molecular flexibility index (Phi) is 7.72. The molecule has 0 saturated heterocycles. The van der Waals surface area contributed by atoms with Crippen molar-refractivity contribution in [2.75, 3.05) is 7.11 Å². The van der Waals surface area contributed by atoms with Crippen LogP contribution in [0.25, 0.3) is 0 Å². The molecule has 3 rings (SSSR count). The second-order valence-electron chi connectivity index (χ2n) is 7.19. The second kappa shape index (κ2) is 10.5. The lowest BCUT2D eigenvalue weighted by Crippen LogP contribution is -2.25. The molecular formula is C24H21Cl2NO5. The van der Waals surface area contributed by atoms with Crippen LogP contribution < -0.4 is 5.56 Å². The molecule has 3 aromatic rings. The zero-order valence-corrected chi connectivity index (χ0v) is 18.8. The van der Waals surface area contributed by atoms with Crippen LogP contribution in [0.4, 0.5) is 0 Å². The Morgan fingerprint density at radius 2 is 1.62 bits per heavy atom. The molecule has 2 aromatic carbocycles. The molecule has 1 N–H and O–H groups in total. The fourth-order valence-corrected chi connectivity index (χ4v) is 3.99. The van der Waals surface area contributed by atoms with Gasteiger partial charge in [0.1, 0.15) is 5.02 Å². The number of aryl methyl sites for hydroxylation is 2. The Bertz CT molecular complexity index is 1200. The van der Waals surface area contributed by atoms with E-state index >= 15 is 0 Å². The molecule has 8 heteroatoms. The van der Waals surface area contributed by atoms with Crippen LogP contribution in [-0.2, 0) is 30.5 Å². The Balaban J connectivity index is 1.82. The number of carboxylic acids is 1. The molecule has 0 bridgehead atoms. The van der Waals surface area contributed by atoms with Gasteiger partial charge in [0.05, 0.1) is 23.3 Å². The monoisotopic (exact) mass is 473 g/mol. The number of methoxy groups -OCH3 is 1. The van der Waals surface area contributed by atoms with Crippen LogP contribution in [0.15, 0.2) is 59.4 Å². The standard InChI is InChI=1S/C24H21Cl2NO5/c1-32-24(31)18-4-2-3-16(13-18)7-10-21-19(25)14-20(26)22(28)27(21)12-11-15-5-8-17(9-6-15)23(29)30/h2-6,8-9,13-14H,7,10-12H2,1H3,(H,29,30). The summed E-state index contributed by atoms with van der Waals surface area (Å²) in [6, 6.07) is 15.0. The minimum Gasteiger partial charge on any atom is -0.478 e. The molecule has 0 amide bonds. The van der Waals surface area contributed by atoms with E-state index in [2.05, 4.69) is 0 Å². The van der Waals surface area contributed by atoms with E-state index in [4.69, 9.17) is 33.0 Å². The summed E-state index contributed by atoms with van der Waals surface area (Å²) in [7, 11) is 1.33. The molecule has 166 valence electrons. The first-order valence-corrected chi connectivity index (χ1v) is 10.6. The molecular weight excluding hydrogens is 453 g/mol. The predicted octanol–water partition coefficient (Wildman–Crippen LogP) is 4.67. The number of ether oxygens (including phenoxy) is 1. The maximum Gasteiger partial charge on any atom is 0.337 e. The van der Waals surface area contributed by atoms with E-state index in [1.54, 1.807) is 34.9 Å². The predicted molar refractivity (Wildman–Crippen MR) is 123 cm³/mol. The maximum atomic E-state index is 12.7. The SMILES string of the molecule is COC(=O)c1cccc(CCc2c(Cl)cc(Cl)c(=O)n2CCc2ccc(C(=O)O)cc2)c1. The average molecular weight is 474 g/mol. The third-order valence-electron chi connectivity index (χ3n) is 5.13. The highest BCUT2D eigenvalue weighted by Gasteiger charge is 2.14. The van der Waals surface area contributed by atoms with Gasteiger partial charge >= 0.3 is 11.9 Å². The number of hydrogen-bond acceptors (Lipinski definition) is 4. The van der Waals surface area contributed by atoms with Crippen LogP contribution in [0.3, 0.4) is 0 Å². The van der Waals surface area contributed by atoms with Crippen molar-refractivity contribution < 1.29 is 19.4 Å². The van der Waals surface area contributed by atoms with Gasteiger partial charge in [-0.1, -0.05) is 47.5 Å². The largest absolute Gasteiger partial charge is 0.478 e. The zero-order valence-electron chi connectivity index (χ0n) is 17.3.